The number of nitrogens with zero attached hydrogens (tertiary/aromatic N) is 6. The quantitative estimate of drug-likeness (QED) is 0.705. The van der Waals surface area contributed by atoms with Gasteiger partial charge in [0, 0.05) is 44.0 Å². The molecule has 0 spiro atoms. The third-order valence-electron chi connectivity index (χ3n) is 4.92. The monoisotopic (exact) mass is 364 g/mol. The molecule has 1 aromatic carbocycles. The van der Waals surface area contributed by atoms with Crippen molar-refractivity contribution in [3.63, 3.8) is 0 Å². The molecule has 4 rings (SSSR count). The van der Waals surface area contributed by atoms with E-state index in [2.05, 4.69) is 50.7 Å². The van der Waals surface area contributed by atoms with E-state index < -0.39 is 0 Å². The summed E-state index contributed by atoms with van der Waals surface area (Å²) in [6.45, 7) is 7.96. The fourth-order valence-electron chi connectivity index (χ4n) is 3.39. The highest BCUT2D eigenvalue weighted by Gasteiger charge is 2.20. The van der Waals surface area contributed by atoms with Gasteiger partial charge in [0.15, 0.2) is 0 Å². The Hall–Kier alpha value is -2.96. The second kappa shape index (κ2) is 7.34. The van der Waals surface area contributed by atoms with Crippen LogP contribution in [0.25, 0.3) is 10.9 Å². The molecule has 0 unspecified atom stereocenters. The van der Waals surface area contributed by atoms with Gasteiger partial charge in [-0.2, -0.15) is 0 Å². The van der Waals surface area contributed by atoms with Crippen LogP contribution in [0.3, 0.4) is 0 Å². The van der Waals surface area contributed by atoms with Crippen molar-refractivity contribution in [3.05, 3.63) is 42.6 Å². The molecule has 0 atom stereocenters. The normalized spacial score (nSPS) is 14.8. The molecule has 0 amide bonds. The Morgan fingerprint density at radius 1 is 0.963 bits per heavy atom. The number of rotatable bonds is 4. The molecule has 27 heavy (non-hydrogen) atoms. The van der Waals surface area contributed by atoms with Gasteiger partial charge in [-0.3, -0.25) is 0 Å². The van der Waals surface area contributed by atoms with Crippen LogP contribution in [0.5, 0.6) is 5.88 Å². The molecule has 0 saturated carbocycles. The van der Waals surface area contributed by atoms with E-state index in [1.807, 2.05) is 18.3 Å². The predicted molar refractivity (Wildman–Crippen MR) is 107 cm³/mol. The Labute approximate surface area is 159 Å². The molecule has 0 aliphatic carbocycles. The van der Waals surface area contributed by atoms with E-state index in [9.17, 15) is 0 Å². The number of hydrogen-bond acceptors (Lipinski definition) is 7. The van der Waals surface area contributed by atoms with Crippen LogP contribution in [0.4, 0.5) is 11.5 Å². The lowest BCUT2D eigenvalue weighted by Gasteiger charge is -2.37. The zero-order valence-electron chi connectivity index (χ0n) is 16.0. The molecule has 3 heterocycles. The molecule has 2 aromatic heterocycles. The van der Waals surface area contributed by atoms with Crippen molar-refractivity contribution < 1.29 is 4.74 Å². The molecule has 0 N–H and O–H groups in total. The van der Waals surface area contributed by atoms with Crippen molar-refractivity contribution in [1.82, 2.24) is 19.9 Å². The Morgan fingerprint density at radius 3 is 2.48 bits per heavy atom. The largest absolute Gasteiger partial charge is 0.480 e. The summed E-state index contributed by atoms with van der Waals surface area (Å²) in [6, 6.07) is 8.26. The molecule has 140 valence electrons. The maximum atomic E-state index is 5.38. The molecule has 1 aliphatic rings. The smallest absolute Gasteiger partial charge is 0.224 e. The topological polar surface area (TPSA) is 67.3 Å². The molecule has 0 radical (unpaired) electrons. The molecule has 1 aliphatic heterocycles. The van der Waals surface area contributed by atoms with E-state index >= 15 is 0 Å². The predicted octanol–water partition coefficient (Wildman–Crippen LogP) is 2.88. The number of ether oxygens (including phenoxy) is 1. The van der Waals surface area contributed by atoms with E-state index in [1.165, 1.54) is 12.0 Å². The minimum atomic E-state index is 0.334. The zero-order valence-corrected chi connectivity index (χ0v) is 16.0. The highest BCUT2D eigenvalue weighted by Crippen LogP contribution is 2.27. The number of methoxy groups -OCH3 is 1. The van der Waals surface area contributed by atoms with E-state index in [0.717, 1.165) is 48.7 Å². The first-order valence-electron chi connectivity index (χ1n) is 9.27. The van der Waals surface area contributed by atoms with Crippen LogP contribution in [0.1, 0.15) is 25.6 Å². The first-order valence-corrected chi connectivity index (χ1v) is 9.27. The summed E-state index contributed by atoms with van der Waals surface area (Å²) < 4.78 is 5.38. The van der Waals surface area contributed by atoms with Gasteiger partial charge in [0.25, 0.3) is 0 Å². The van der Waals surface area contributed by atoms with E-state index in [1.54, 1.807) is 7.11 Å². The third kappa shape index (κ3) is 3.49. The maximum absolute atomic E-state index is 5.38. The zero-order chi connectivity index (χ0) is 18.8. The number of fused-ring (bicyclic) bond motifs is 1. The number of hydrogen-bond donors (Lipinski definition) is 0. The third-order valence-corrected chi connectivity index (χ3v) is 4.92. The van der Waals surface area contributed by atoms with Gasteiger partial charge in [-0.1, -0.05) is 13.8 Å². The first kappa shape index (κ1) is 17.5. The van der Waals surface area contributed by atoms with E-state index in [4.69, 9.17) is 9.72 Å². The van der Waals surface area contributed by atoms with Crippen LogP contribution in [0.15, 0.2) is 36.8 Å². The van der Waals surface area contributed by atoms with Crippen LogP contribution in [0, 0.1) is 0 Å². The summed E-state index contributed by atoms with van der Waals surface area (Å²) in [5.74, 6) is 2.86. The van der Waals surface area contributed by atoms with Crippen molar-refractivity contribution in [3.8, 4) is 5.88 Å². The lowest BCUT2D eigenvalue weighted by molar-refractivity contribution is 0.402. The Kier molecular flexibility index (Phi) is 4.75. The molecular weight excluding hydrogens is 340 g/mol. The lowest BCUT2D eigenvalue weighted by Crippen LogP contribution is -2.46. The highest BCUT2D eigenvalue weighted by atomic mass is 16.5. The minimum Gasteiger partial charge on any atom is -0.480 e. The van der Waals surface area contributed by atoms with E-state index in [-0.39, 0.29) is 0 Å². The Morgan fingerprint density at radius 2 is 1.74 bits per heavy atom. The van der Waals surface area contributed by atoms with Crippen LogP contribution in [-0.2, 0) is 0 Å². The van der Waals surface area contributed by atoms with Crippen molar-refractivity contribution in [2.45, 2.75) is 19.8 Å². The first-order chi connectivity index (χ1) is 13.2. The number of piperazine rings is 1. The fourth-order valence-corrected chi connectivity index (χ4v) is 3.39. The average molecular weight is 364 g/mol. The van der Waals surface area contributed by atoms with Crippen molar-refractivity contribution in [1.29, 1.82) is 0 Å². The van der Waals surface area contributed by atoms with Crippen molar-refractivity contribution in [2.75, 3.05) is 43.1 Å². The standard InChI is InChI=1S/C20H24N6O/c1-14(2)19-21-7-6-18(24-19)26-10-8-25(9-11-26)15-4-5-17-16(12-15)20(27-3)23-13-22-17/h4-7,12-14H,8-11H2,1-3H3. The Bertz CT molecular complexity index is 937. The van der Waals surface area contributed by atoms with Gasteiger partial charge in [-0.15, -0.1) is 0 Å². The number of aromatic nitrogens is 4. The summed E-state index contributed by atoms with van der Waals surface area (Å²) in [7, 11) is 1.64. The molecule has 7 nitrogen and oxygen atoms in total. The molecule has 3 aromatic rings. The van der Waals surface area contributed by atoms with Crippen LogP contribution in [0.2, 0.25) is 0 Å². The second-order valence-corrected chi connectivity index (χ2v) is 6.99. The van der Waals surface area contributed by atoms with Crippen LogP contribution < -0.4 is 14.5 Å². The maximum Gasteiger partial charge on any atom is 0.224 e. The summed E-state index contributed by atoms with van der Waals surface area (Å²) >= 11 is 0. The van der Waals surface area contributed by atoms with Gasteiger partial charge in [0.1, 0.15) is 18.0 Å². The van der Waals surface area contributed by atoms with Gasteiger partial charge in [0.05, 0.1) is 18.0 Å². The van der Waals surface area contributed by atoms with Gasteiger partial charge in [0.2, 0.25) is 5.88 Å². The molecule has 7 heteroatoms. The summed E-state index contributed by atoms with van der Waals surface area (Å²) in [4.78, 5) is 22.3. The number of anilines is 2. The fraction of sp³-hybridized carbons (Fsp3) is 0.400. The minimum absolute atomic E-state index is 0.334. The van der Waals surface area contributed by atoms with Gasteiger partial charge < -0.3 is 14.5 Å². The van der Waals surface area contributed by atoms with Crippen LogP contribution >= 0.6 is 0 Å². The van der Waals surface area contributed by atoms with E-state index in [0.29, 0.717) is 11.8 Å². The second-order valence-electron chi connectivity index (χ2n) is 6.99. The van der Waals surface area contributed by atoms with Gasteiger partial charge in [-0.25, -0.2) is 19.9 Å². The van der Waals surface area contributed by atoms with Crippen molar-refractivity contribution in [2.24, 2.45) is 0 Å². The summed E-state index contributed by atoms with van der Waals surface area (Å²) in [5.41, 5.74) is 2.06. The van der Waals surface area contributed by atoms with Crippen molar-refractivity contribution >= 4 is 22.4 Å². The summed E-state index contributed by atoms with van der Waals surface area (Å²) in [5, 5.41) is 0.942. The molecule has 0 bridgehead atoms. The molecule has 1 saturated heterocycles. The molecular formula is C20H24N6O. The molecule has 1 fully saturated rings. The Balaban J connectivity index is 1.51. The van der Waals surface area contributed by atoms with Crippen LogP contribution in [-0.4, -0.2) is 53.2 Å². The highest BCUT2D eigenvalue weighted by molar-refractivity contribution is 5.86. The summed E-state index contributed by atoms with van der Waals surface area (Å²) in [6.07, 6.45) is 3.40. The van der Waals surface area contributed by atoms with Gasteiger partial charge >= 0.3 is 0 Å². The van der Waals surface area contributed by atoms with Gasteiger partial charge in [-0.05, 0) is 24.3 Å². The lowest BCUT2D eigenvalue weighted by atomic mass is 10.2. The number of benzene rings is 1. The SMILES string of the molecule is COc1ncnc2ccc(N3CCN(c4ccnc(C(C)C)n4)CC3)cc12. The average Bonchev–Trinajstić information content (AvgIpc) is 2.73.